The molecule has 3 heteroatoms. The van der Waals surface area contributed by atoms with Gasteiger partial charge in [-0.2, -0.15) is 0 Å². The number of aryl methyl sites for hydroxylation is 1. The molecule has 2 aliphatic rings. The molecule has 2 nitrogen and oxygen atoms in total. The van der Waals surface area contributed by atoms with Crippen LogP contribution in [0.1, 0.15) is 30.5 Å². The molecule has 104 valence electrons. The highest BCUT2D eigenvalue weighted by Crippen LogP contribution is 2.40. The summed E-state index contributed by atoms with van der Waals surface area (Å²) in [7, 11) is 4.29. The normalized spacial score (nSPS) is 31.1. The standard InChI is InChI=1S/C16H23FN2/c1-11-9-19(10-15(11)18(2)3)14-8-7-12-5-4-6-13(17)16(12)14/h4-6,11,14-15H,7-10H2,1-3H3/t11-,14-,15-/m0/s1. The van der Waals surface area contributed by atoms with Crippen LogP contribution in [0.2, 0.25) is 0 Å². The van der Waals surface area contributed by atoms with Crippen LogP contribution >= 0.6 is 0 Å². The molecule has 0 spiro atoms. The van der Waals surface area contributed by atoms with Gasteiger partial charge in [0.15, 0.2) is 0 Å². The molecule has 3 atom stereocenters. The van der Waals surface area contributed by atoms with Crippen molar-refractivity contribution >= 4 is 0 Å². The zero-order valence-electron chi connectivity index (χ0n) is 12.1. The van der Waals surface area contributed by atoms with Crippen LogP contribution in [-0.2, 0) is 6.42 Å². The Morgan fingerprint density at radius 1 is 1.26 bits per heavy atom. The van der Waals surface area contributed by atoms with Crippen molar-refractivity contribution in [3.8, 4) is 0 Å². The van der Waals surface area contributed by atoms with Gasteiger partial charge >= 0.3 is 0 Å². The van der Waals surface area contributed by atoms with Gasteiger partial charge in [0.2, 0.25) is 0 Å². The number of likely N-dealkylation sites (N-methyl/N-ethyl adjacent to an activating group) is 1. The zero-order chi connectivity index (χ0) is 13.6. The van der Waals surface area contributed by atoms with E-state index in [0.717, 1.165) is 31.5 Å². The van der Waals surface area contributed by atoms with Gasteiger partial charge in [-0.1, -0.05) is 19.1 Å². The largest absolute Gasteiger partial charge is 0.305 e. The molecule has 1 fully saturated rings. The zero-order valence-corrected chi connectivity index (χ0v) is 12.1. The molecule has 0 amide bonds. The summed E-state index contributed by atoms with van der Waals surface area (Å²) < 4.78 is 14.1. The van der Waals surface area contributed by atoms with Gasteiger partial charge in [0, 0.05) is 30.7 Å². The van der Waals surface area contributed by atoms with Crippen LogP contribution in [0.3, 0.4) is 0 Å². The lowest BCUT2D eigenvalue weighted by Crippen LogP contribution is -2.35. The van der Waals surface area contributed by atoms with E-state index >= 15 is 0 Å². The van der Waals surface area contributed by atoms with Crippen LogP contribution in [0, 0.1) is 11.7 Å². The second kappa shape index (κ2) is 4.88. The van der Waals surface area contributed by atoms with Crippen molar-refractivity contribution in [1.82, 2.24) is 9.80 Å². The highest BCUT2D eigenvalue weighted by atomic mass is 19.1. The van der Waals surface area contributed by atoms with Gasteiger partial charge in [0.25, 0.3) is 0 Å². The van der Waals surface area contributed by atoms with Gasteiger partial charge in [-0.25, -0.2) is 4.39 Å². The van der Waals surface area contributed by atoms with Crippen LogP contribution in [0.5, 0.6) is 0 Å². The SMILES string of the molecule is C[C@H]1CN([C@H]2CCc3cccc(F)c32)C[C@@H]1N(C)C. The molecular formula is C16H23FN2. The molecule has 0 radical (unpaired) electrons. The van der Waals surface area contributed by atoms with Crippen LogP contribution < -0.4 is 0 Å². The molecule has 0 bridgehead atoms. The molecule has 0 unspecified atom stereocenters. The number of fused-ring (bicyclic) bond motifs is 1. The molecular weight excluding hydrogens is 239 g/mol. The summed E-state index contributed by atoms with van der Waals surface area (Å²) in [5.41, 5.74) is 2.18. The van der Waals surface area contributed by atoms with Crippen molar-refractivity contribution in [3.05, 3.63) is 35.1 Å². The van der Waals surface area contributed by atoms with Gasteiger partial charge in [-0.05, 0) is 44.5 Å². The highest BCUT2D eigenvalue weighted by molar-refractivity contribution is 5.36. The topological polar surface area (TPSA) is 6.48 Å². The highest BCUT2D eigenvalue weighted by Gasteiger charge is 2.38. The fourth-order valence-electron chi connectivity index (χ4n) is 3.89. The quantitative estimate of drug-likeness (QED) is 0.808. The number of nitrogens with zero attached hydrogens (tertiary/aromatic N) is 2. The monoisotopic (exact) mass is 262 g/mol. The lowest BCUT2D eigenvalue weighted by atomic mass is 10.1. The molecule has 1 aromatic rings. The van der Waals surface area contributed by atoms with Crippen molar-refractivity contribution in [2.45, 2.75) is 31.8 Å². The van der Waals surface area contributed by atoms with E-state index in [0.29, 0.717) is 18.0 Å². The van der Waals surface area contributed by atoms with E-state index in [1.54, 1.807) is 6.07 Å². The maximum atomic E-state index is 14.1. The summed E-state index contributed by atoms with van der Waals surface area (Å²) in [5.74, 6) is 0.645. The molecule has 1 aliphatic carbocycles. The van der Waals surface area contributed by atoms with Gasteiger partial charge in [-0.15, -0.1) is 0 Å². The Labute approximate surface area is 115 Å². The van der Waals surface area contributed by atoms with Crippen molar-refractivity contribution < 1.29 is 4.39 Å². The second-order valence-electron chi connectivity index (χ2n) is 6.33. The minimum Gasteiger partial charge on any atom is -0.305 e. The minimum atomic E-state index is -0.0130. The maximum Gasteiger partial charge on any atom is 0.128 e. The first-order valence-electron chi connectivity index (χ1n) is 7.25. The van der Waals surface area contributed by atoms with Gasteiger partial charge in [-0.3, -0.25) is 4.90 Å². The van der Waals surface area contributed by atoms with E-state index in [-0.39, 0.29) is 5.82 Å². The van der Waals surface area contributed by atoms with E-state index in [1.165, 1.54) is 5.56 Å². The van der Waals surface area contributed by atoms with Crippen molar-refractivity contribution in [1.29, 1.82) is 0 Å². The van der Waals surface area contributed by atoms with Crippen molar-refractivity contribution in [2.24, 2.45) is 5.92 Å². The number of halogens is 1. The molecule has 1 heterocycles. The summed E-state index contributed by atoms with van der Waals surface area (Å²) in [6.07, 6.45) is 2.10. The number of rotatable bonds is 2. The Kier molecular flexibility index (Phi) is 3.35. The average Bonchev–Trinajstić information content (AvgIpc) is 2.93. The van der Waals surface area contributed by atoms with Gasteiger partial charge < -0.3 is 4.90 Å². The van der Waals surface area contributed by atoms with Crippen LogP contribution in [0.4, 0.5) is 4.39 Å². The van der Waals surface area contributed by atoms with Crippen LogP contribution in [0.25, 0.3) is 0 Å². The molecule has 0 N–H and O–H groups in total. The van der Waals surface area contributed by atoms with Crippen molar-refractivity contribution in [2.75, 3.05) is 27.2 Å². The smallest absolute Gasteiger partial charge is 0.128 e. The van der Waals surface area contributed by atoms with Crippen LogP contribution in [-0.4, -0.2) is 43.0 Å². The lowest BCUT2D eigenvalue weighted by molar-refractivity contribution is 0.213. The van der Waals surface area contributed by atoms with Crippen molar-refractivity contribution in [3.63, 3.8) is 0 Å². The van der Waals surface area contributed by atoms with E-state index in [2.05, 4.69) is 36.9 Å². The Morgan fingerprint density at radius 2 is 2.05 bits per heavy atom. The fraction of sp³-hybridized carbons (Fsp3) is 0.625. The third-order valence-corrected chi connectivity index (χ3v) is 4.87. The molecule has 19 heavy (non-hydrogen) atoms. The summed E-state index contributed by atoms with van der Waals surface area (Å²) >= 11 is 0. The predicted molar refractivity (Wildman–Crippen MR) is 75.7 cm³/mol. The van der Waals surface area contributed by atoms with E-state index < -0.39 is 0 Å². The predicted octanol–water partition coefficient (Wildman–Crippen LogP) is 2.69. The fourth-order valence-corrected chi connectivity index (χ4v) is 3.89. The second-order valence-corrected chi connectivity index (χ2v) is 6.33. The van der Waals surface area contributed by atoms with E-state index in [1.807, 2.05) is 6.07 Å². The third-order valence-electron chi connectivity index (χ3n) is 4.87. The van der Waals surface area contributed by atoms with Gasteiger partial charge in [0.1, 0.15) is 5.82 Å². The first kappa shape index (κ1) is 13.1. The summed E-state index contributed by atoms with van der Waals surface area (Å²) in [5, 5.41) is 0. The summed E-state index contributed by atoms with van der Waals surface area (Å²) in [4.78, 5) is 4.80. The first-order chi connectivity index (χ1) is 9.08. The minimum absolute atomic E-state index is 0.0130. The van der Waals surface area contributed by atoms with Gasteiger partial charge in [0.05, 0.1) is 0 Å². The third kappa shape index (κ3) is 2.19. The summed E-state index contributed by atoms with van der Waals surface area (Å²) in [6, 6.07) is 6.42. The number of benzene rings is 1. The van der Waals surface area contributed by atoms with E-state index in [4.69, 9.17) is 0 Å². The average molecular weight is 262 g/mol. The number of hydrogen-bond donors (Lipinski definition) is 0. The first-order valence-corrected chi connectivity index (χ1v) is 7.25. The summed E-state index contributed by atoms with van der Waals surface area (Å²) in [6.45, 7) is 4.45. The Bertz CT molecular complexity index is 472. The Morgan fingerprint density at radius 3 is 2.74 bits per heavy atom. The lowest BCUT2D eigenvalue weighted by Gasteiger charge is -2.26. The van der Waals surface area contributed by atoms with Crippen LogP contribution in [0.15, 0.2) is 18.2 Å². The molecule has 3 rings (SSSR count). The Balaban J connectivity index is 1.84. The molecule has 1 saturated heterocycles. The number of hydrogen-bond acceptors (Lipinski definition) is 2. The molecule has 1 aliphatic heterocycles. The number of likely N-dealkylation sites (tertiary alicyclic amines) is 1. The maximum absolute atomic E-state index is 14.1. The molecule has 0 aromatic heterocycles. The Hall–Kier alpha value is -0.930. The molecule has 1 aromatic carbocycles. The van der Waals surface area contributed by atoms with E-state index in [9.17, 15) is 4.39 Å². The molecule has 0 saturated carbocycles.